The fourth-order valence-electron chi connectivity index (χ4n) is 6.13. The van der Waals surface area contributed by atoms with Crippen molar-refractivity contribution < 1.29 is 28.9 Å². The summed E-state index contributed by atoms with van der Waals surface area (Å²) in [7, 11) is 0. The second-order valence-electron chi connectivity index (χ2n) is 9.96. The van der Waals surface area contributed by atoms with Crippen LogP contribution in [0.25, 0.3) is 87.6 Å². The normalized spacial score (nSPS) is 11.7. The summed E-state index contributed by atoms with van der Waals surface area (Å²) in [6.07, 6.45) is 3.60. The number of nitrogens with zero attached hydrogens (tertiary/aromatic N) is 2. The van der Waals surface area contributed by atoms with Crippen LogP contribution in [0.15, 0.2) is 118 Å². The van der Waals surface area contributed by atoms with Gasteiger partial charge >= 0.3 is 0 Å². The number of furan rings is 2. The van der Waals surface area contributed by atoms with Gasteiger partial charge in [-0.05, 0) is 51.5 Å². The Morgan fingerprint density at radius 1 is 0.488 bits per heavy atom. The summed E-state index contributed by atoms with van der Waals surface area (Å²) in [4.78, 5) is 9.00. The van der Waals surface area contributed by atoms with Crippen molar-refractivity contribution in [2.45, 2.75) is 0 Å². The van der Waals surface area contributed by atoms with Gasteiger partial charge in [0.05, 0.1) is 5.58 Å². The van der Waals surface area contributed by atoms with E-state index in [0.717, 1.165) is 66.0 Å². The van der Waals surface area contributed by atoms with Crippen LogP contribution in [0.5, 0.6) is 0 Å². The summed E-state index contributed by atoms with van der Waals surface area (Å²) < 4.78 is 12.5. The molecule has 195 valence electrons. The summed E-state index contributed by atoms with van der Waals surface area (Å²) in [5, 5.41) is 10.2. The molecular weight excluding hydrogens is 685 g/mol. The molecule has 0 atom stereocenters. The number of rotatable bonds is 1. The minimum atomic E-state index is 0. The molecule has 41 heavy (non-hydrogen) atoms. The molecule has 4 nitrogen and oxygen atoms in total. The molecule has 0 unspecified atom stereocenters. The zero-order chi connectivity index (χ0) is 26.2. The minimum Gasteiger partial charge on any atom is -0.476 e. The molecule has 1 radical (unpaired) electrons. The average Bonchev–Trinajstić information content (AvgIpc) is 3.60. The van der Waals surface area contributed by atoms with E-state index in [1.165, 1.54) is 21.5 Å². The van der Waals surface area contributed by atoms with Gasteiger partial charge in [0.1, 0.15) is 16.7 Å². The first-order valence-corrected chi connectivity index (χ1v) is 13.2. The number of pyridine rings is 2. The van der Waals surface area contributed by atoms with Crippen molar-refractivity contribution >= 4 is 76.3 Å². The minimum absolute atomic E-state index is 0. The van der Waals surface area contributed by atoms with Crippen LogP contribution in [0.3, 0.4) is 0 Å². The van der Waals surface area contributed by atoms with Gasteiger partial charge < -0.3 is 18.8 Å². The largest absolute Gasteiger partial charge is 0.476 e. The van der Waals surface area contributed by atoms with Crippen LogP contribution in [-0.4, -0.2) is 9.97 Å². The van der Waals surface area contributed by atoms with Crippen molar-refractivity contribution in [1.29, 1.82) is 0 Å². The van der Waals surface area contributed by atoms with Gasteiger partial charge in [-0.2, -0.15) is 0 Å². The SMILES string of the molecule is [Ir].[c-]1ccc2oc3ccc4ccc5ccc6oc7ccnc8c1c2c3c4c5c6c78.[c-]1ccccc1-c1ccccn1. The van der Waals surface area contributed by atoms with Crippen molar-refractivity contribution in [3.63, 3.8) is 0 Å². The van der Waals surface area contributed by atoms with Crippen LogP contribution < -0.4 is 0 Å². The van der Waals surface area contributed by atoms with E-state index in [9.17, 15) is 0 Å². The molecule has 0 fully saturated rings. The second kappa shape index (κ2) is 9.10. The third-order valence-corrected chi connectivity index (χ3v) is 7.79. The maximum absolute atomic E-state index is 6.26. The zero-order valence-electron chi connectivity index (χ0n) is 21.4. The van der Waals surface area contributed by atoms with E-state index in [2.05, 4.69) is 53.5 Å². The molecule has 0 saturated carbocycles. The van der Waals surface area contributed by atoms with E-state index in [0.29, 0.717) is 0 Å². The van der Waals surface area contributed by atoms with E-state index < -0.39 is 0 Å². The Balaban J connectivity index is 0.000000167. The molecule has 0 saturated heterocycles. The number of fused-ring (bicyclic) bond motifs is 1. The number of hydrogen-bond donors (Lipinski definition) is 0. The number of hydrogen-bond acceptors (Lipinski definition) is 4. The Morgan fingerprint density at radius 2 is 1.17 bits per heavy atom. The third kappa shape index (κ3) is 3.43. The van der Waals surface area contributed by atoms with Crippen molar-refractivity contribution in [2.75, 3.05) is 0 Å². The van der Waals surface area contributed by atoms with Crippen molar-refractivity contribution in [3.8, 4) is 11.3 Å². The summed E-state index contributed by atoms with van der Waals surface area (Å²) in [6, 6.07) is 38.9. The van der Waals surface area contributed by atoms with Crippen molar-refractivity contribution in [3.05, 3.63) is 122 Å². The predicted octanol–water partition coefficient (Wildman–Crippen LogP) is 9.56. The van der Waals surface area contributed by atoms with E-state index in [1.54, 1.807) is 6.20 Å². The maximum atomic E-state index is 6.26. The first kappa shape index (κ1) is 24.0. The average molecular weight is 703 g/mol. The molecule has 4 aromatic heterocycles. The van der Waals surface area contributed by atoms with Gasteiger partial charge in [0.15, 0.2) is 0 Å². The van der Waals surface area contributed by atoms with Crippen LogP contribution in [0, 0.1) is 12.1 Å². The first-order valence-electron chi connectivity index (χ1n) is 13.2. The molecular formula is C36H18IrN2O2-2. The Kier molecular flexibility index (Phi) is 5.33. The molecule has 10 aromatic rings. The van der Waals surface area contributed by atoms with Crippen molar-refractivity contribution in [1.82, 2.24) is 9.97 Å². The van der Waals surface area contributed by atoms with Crippen LogP contribution in [0.1, 0.15) is 0 Å². The summed E-state index contributed by atoms with van der Waals surface area (Å²) >= 11 is 0. The number of aromatic nitrogens is 2. The van der Waals surface area contributed by atoms with Crippen LogP contribution in [0.2, 0.25) is 0 Å². The smallest absolute Gasteiger partial charge is 0.135 e. The summed E-state index contributed by atoms with van der Waals surface area (Å²) in [5.74, 6) is 0. The molecule has 0 amide bonds. The third-order valence-electron chi connectivity index (χ3n) is 7.79. The molecule has 0 N–H and O–H groups in total. The fourth-order valence-corrected chi connectivity index (χ4v) is 6.13. The summed E-state index contributed by atoms with van der Waals surface area (Å²) in [5.41, 5.74) is 6.42. The van der Waals surface area contributed by atoms with E-state index in [-0.39, 0.29) is 20.1 Å². The van der Waals surface area contributed by atoms with Crippen molar-refractivity contribution in [2.24, 2.45) is 0 Å². The quantitative estimate of drug-likeness (QED) is 0.126. The standard InChI is InChI=1S/C25H10NO2.C11H8N.Ir/c1-2-14-21-15(3-1)27-16-8-6-12-4-5-13-7-9-17-23(20(13)19(12)22(16)21)24-18(28-17)10-11-26-25(14)24;1-2-6-10(7-3-1)11-8-4-5-9-12-11;/h1,3-11H;1-6,8-9H;/q2*-1;. The van der Waals surface area contributed by atoms with Gasteiger partial charge in [-0.25, -0.2) is 0 Å². The van der Waals surface area contributed by atoms with Gasteiger partial charge in [-0.1, -0.05) is 47.9 Å². The molecule has 0 aliphatic rings. The van der Waals surface area contributed by atoms with Gasteiger partial charge in [0.25, 0.3) is 0 Å². The fraction of sp³-hybridized carbons (Fsp3) is 0. The summed E-state index contributed by atoms with van der Waals surface area (Å²) in [6.45, 7) is 0. The van der Waals surface area contributed by atoms with Crippen LogP contribution in [-0.2, 0) is 20.1 Å². The second-order valence-corrected chi connectivity index (χ2v) is 9.96. The molecule has 0 bridgehead atoms. The monoisotopic (exact) mass is 703 g/mol. The molecule has 6 aromatic carbocycles. The van der Waals surface area contributed by atoms with Gasteiger partial charge in [-0.3, -0.25) is 0 Å². The van der Waals surface area contributed by atoms with E-state index in [4.69, 9.17) is 13.8 Å². The van der Waals surface area contributed by atoms with Gasteiger partial charge in [0, 0.05) is 54.2 Å². The van der Waals surface area contributed by atoms with Crippen LogP contribution in [0.4, 0.5) is 0 Å². The molecule has 4 heterocycles. The predicted molar refractivity (Wildman–Crippen MR) is 161 cm³/mol. The Morgan fingerprint density at radius 3 is 1.88 bits per heavy atom. The molecule has 0 aliphatic carbocycles. The Labute approximate surface area is 247 Å². The van der Waals surface area contributed by atoms with E-state index in [1.807, 2.05) is 66.9 Å². The maximum Gasteiger partial charge on any atom is 0.135 e. The Hall–Kier alpha value is -4.83. The van der Waals surface area contributed by atoms with E-state index >= 15 is 0 Å². The number of benzene rings is 5. The molecule has 10 rings (SSSR count). The zero-order valence-corrected chi connectivity index (χ0v) is 23.8. The molecule has 0 spiro atoms. The van der Waals surface area contributed by atoms with Gasteiger partial charge in [0.2, 0.25) is 0 Å². The Bertz CT molecular complexity index is 2300. The topological polar surface area (TPSA) is 52.1 Å². The molecule has 0 aliphatic heterocycles. The van der Waals surface area contributed by atoms with Gasteiger partial charge in [-0.15, -0.1) is 53.4 Å². The molecule has 5 heteroatoms. The first-order chi connectivity index (χ1) is 19.8. The van der Waals surface area contributed by atoms with Crippen LogP contribution >= 0.6 is 0 Å².